The molecule has 2 aromatic carbocycles. The van der Waals surface area contributed by atoms with Gasteiger partial charge in [0, 0.05) is 0 Å². The summed E-state index contributed by atoms with van der Waals surface area (Å²) in [7, 11) is 0. The van der Waals surface area contributed by atoms with Crippen molar-refractivity contribution in [1.29, 1.82) is 0 Å². The van der Waals surface area contributed by atoms with Gasteiger partial charge in [-0.05, 0) is 28.3 Å². The van der Waals surface area contributed by atoms with Crippen LogP contribution in [0.3, 0.4) is 0 Å². The number of carboxylic acid groups (broad SMARTS) is 1. The van der Waals surface area contributed by atoms with Crippen molar-refractivity contribution in [1.82, 2.24) is 0 Å². The van der Waals surface area contributed by atoms with Gasteiger partial charge in [0.25, 0.3) is 0 Å². The third kappa shape index (κ3) is 3.71. The fourth-order valence-electron chi connectivity index (χ4n) is 2.34. The molecule has 0 aliphatic heterocycles. The zero-order valence-electron chi connectivity index (χ0n) is 11.9. The molecule has 1 aliphatic carbocycles. The van der Waals surface area contributed by atoms with Gasteiger partial charge in [0.1, 0.15) is 6.10 Å². The second-order valence-corrected chi connectivity index (χ2v) is 4.99. The lowest BCUT2D eigenvalue weighted by atomic mass is 9.93. The maximum absolute atomic E-state index is 9.94. The molecule has 3 rings (SSSR count). The SMILES string of the molecule is C1=Cc2cccc3cccc(c23)C1.NC(=O)C(O)CC(=O)O. The molecule has 0 radical (unpaired) electrons. The lowest BCUT2D eigenvalue weighted by Gasteiger charge is -2.11. The lowest BCUT2D eigenvalue weighted by molar-refractivity contribution is -0.142. The van der Waals surface area contributed by atoms with Crippen molar-refractivity contribution in [3.05, 3.63) is 53.6 Å². The van der Waals surface area contributed by atoms with Gasteiger partial charge in [-0.25, -0.2) is 0 Å². The minimum atomic E-state index is -1.57. The van der Waals surface area contributed by atoms with Crippen LogP contribution in [-0.4, -0.2) is 28.2 Å². The van der Waals surface area contributed by atoms with Crippen LogP contribution in [0.5, 0.6) is 0 Å². The van der Waals surface area contributed by atoms with E-state index in [1.54, 1.807) is 0 Å². The highest BCUT2D eigenvalue weighted by molar-refractivity contribution is 5.94. The largest absolute Gasteiger partial charge is 0.481 e. The molecule has 114 valence electrons. The molecule has 0 aromatic heterocycles. The number of benzene rings is 2. The molecule has 22 heavy (non-hydrogen) atoms. The van der Waals surface area contributed by atoms with Crippen LogP contribution in [0.2, 0.25) is 0 Å². The molecule has 1 amide bonds. The predicted molar refractivity (Wildman–Crippen MR) is 84.1 cm³/mol. The Morgan fingerprint density at radius 2 is 1.86 bits per heavy atom. The highest BCUT2D eigenvalue weighted by Gasteiger charge is 2.14. The number of amides is 1. The van der Waals surface area contributed by atoms with E-state index >= 15 is 0 Å². The summed E-state index contributed by atoms with van der Waals surface area (Å²) in [5, 5.41) is 19.2. The molecule has 1 unspecified atom stereocenters. The summed E-state index contributed by atoms with van der Waals surface area (Å²) in [5.74, 6) is -2.27. The average Bonchev–Trinajstić information content (AvgIpc) is 2.48. The standard InChI is InChI=1S/C13H10.C4H7NO4/c1-4-10-6-2-8-12-9-3-7-11(5-1)13(10)12;5-4(9)2(6)1-3(7)8/h1-8H,9H2;2,6H,1H2,(H2,5,9)(H,7,8). The van der Waals surface area contributed by atoms with Crippen molar-refractivity contribution < 1.29 is 19.8 Å². The zero-order chi connectivity index (χ0) is 16.1. The first-order chi connectivity index (χ1) is 10.5. The van der Waals surface area contributed by atoms with Crippen LogP contribution in [0, 0.1) is 0 Å². The molecule has 0 saturated heterocycles. The Balaban J connectivity index is 0.000000175. The Morgan fingerprint density at radius 1 is 1.18 bits per heavy atom. The number of carbonyl (C=O) groups excluding carboxylic acids is 1. The van der Waals surface area contributed by atoms with Crippen molar-refractivity contribution in [2.45, 2.75) is 18.9 Å². The number of hydrogen-bond acceptors (Lipinski definition) is 3. The van der Waals surface area contributed by atoms with E-state index in [2.05, 4.69) is 54.3 Å². The Labute approximate surface area is 127 Å². The topological polar surface area (TPSA) is 101 Å². The number of carbonyl (C=O) groups is 2. The van der Waals surface area contributed by atoms with Gasteiger partial charge < -0.3 is 15.9 Å². The molecular formula is C17H17NO4. The third-order valence-electron chi connectivity index (χ3n) is 3.35. The average molecular weight is 299 g/mol. The number of carboxylic acids is 1. The summed E-state index contributed by atoms with van der Waals surface area (Å²) in [6.45, 7) is 0. The zero-order valence-corrected chi connectivity index (χ0v) is 11.9. The molecule has 5 nitrogen and oxygen atoms in total. The first-order valence-electron chi connectivity index (χ1n) is 6.85. The van der Waals surface area contributed by atoms with Crippen LogP contribution >= 0.6 is 0 Å². The van der Waals surface area contributed by atoms with Crippen molar-refractivity contribution in [2.24, 2.45) is 5.73 Å². The van der Waals surface area contributed by atoms with E-state index in [1.807, 2.05) is 0 Å². The molecule has 1 atom stereocenters. The number of aliphatic carboxylic acids is 1. The lowest BCUT2D eigenvalue weighted by Crippen LogP contribution is -2.30. The molecular weight excluding hydrogens is 282 g/mol. The molecule has 1 aliphatic rings. The van der Waals surface area contributed by atoms with Gasteiger partial charge in [-0.3, -0.25) is 9.59 Å². The van der Waals surface area contributed by atoms with E-state index in [4.69, 9.17) is 10.2 Å². The fraction of sp³-hybridized carbons (Fsp3) is 0.176. The first-order valence-corrected chi connectivity index (χ1v) is 6.85. The summed E-state index contributed by atoms with van der Waals surface area (Å²) in [5.41, 5.74) is 7.35. The van der Waals surface area contributed by atoms with Crippen molar-refractivity contribution in [3.8, 4) is 0 Å². The van der Waals surface area contributed by atoms with E-state index < -0.39 is 24.4 Å². The van der Waals surface area contributed by atoms with Gasteiger partial charge in [-0.2, -0.15) is 0 Å². The molecule has 4 N–H and O–H groups in total. The molecule has 0 heterocycles. The van der Waals surface area contributed by atoms with E-state index in [9.17, 15) is 9.59 Å². The van der Waals surface area contributed by atoms with Gasteiger partial charge in [-0.1, -0.05) is 48.6 Å². The molecule has 5 heteroatoms. The highest BCUT2D eigenvalue weighted by Crippen LogP contribution is 2.27. The van der Waals surface area contributed by atoms with Crippen LogP contribution in [-0.2, 0) is 16.0 Å². The van der Waals surface area contributed by atoms with E-state index in [-0.39, 0.29) is 0 Å². The second-order valence-electron chi connectivity index (χ2n) is 4.99. The van der Waals surface area contributed by atoms with E-state index in [1.165, 1.54) is 21.9 Å². The minimum Gasteiger partial charge on any atom is -0.481 e. The van der Waals surface area contributed by atoms with Crippen LogP contribution in [0.1, 0.15) is 17.5 Å². The molecule has 0 spiro atoms. The summed E-state index contributed by atoms with van der Waals surface area (Å²) < 4.78 is 0. The van der Waals surface area contributed by atoms with E-state index in [0.717, 1.165) is 6.42 Å². The van der Waals surface area contributed by atoms with Gasteiger partial charge in [-0.15, -0.1) is 0 Å². The molecule has 0 fully saturated rings. The normalized spacial score (nSPS) is 13.1. The number of nitrogens with two attached hydrogens (primary N) is 1. The smallest absolute Gasteiger partial charge is 0.306 e. The van der Waals surface area contributed by atoms with Crippen molar-refractivity contribution in [2.75, 3.05) is 0 Å². The van der Waals surface area contributed by atoms with Crippen LogP contribution < -0.4 is 5.73 Å². The number of aliphatic hydroxyl groups excluding tert-OH is 1. The predicted octanol–water partition coefficient (Wildman–Crippen LogP) is 1.72. The number of allylic oxidation sites excluding steroid dienone is 1. The highest BCUT2D eigenvalue weighted by atomic mass is 16.4. The quantitative estimate of drug-likeness (QED) is 0.803. The summed E-state index contributed by atoms with van der Waals surface area (Å²) in [6.07, 6.45) is 3.33. The van der Waals surface area contributed by atoms with Crippen molar-refractivity contribution >= 4 is 28.7 Å². The number of hydrogen-bond donors (Lipinski definition) is 3. The second kappa shape index (κ2) is 6.87. The Bertz CT molecular complexity index is 731. The Morgan fingerprint density at radius 3 is 2.45 bits per heavy atom. The monoisotopic (exact) mass is 299 g/mol. The number of primary amides is 1. The molecule has 2 aromatic rings. The van der Waals surface area contributed by atoms with Gasteiger partial charge in [0.05, 0.1) is 6.42 Å². The van der Waals surface area contributed by atoms with Gasteiger partial charge >= 0.3 is 5.97 Å². The third-order valence-corrected chi connectivity index (χ3v) is 3.35. The van der Waals surface area contributed by atoms with Gasteiger partial charge in [0.15, 0.2) is 0 Å². The van der Waals surface area contributed by atoms with Crippen molar-refractivity contribution in [3.63, 3.8) is 0 Å². The van der Waals surface area contributed by atoms with Crippen LogP contribution in [0.15, 0.2) is 42.5 Å². The van der Waals surface area contributed by atoms with Crippen LogP contribution in [0.25, 0.3) is 16.8 Å². The maximum atomic E-state index is 9.94. The summed E-state index contributed by atoms with van der Waals surface area (Å²) in [6, 6.07) is 13.0. The van der Waals surface area contributed by atoms with Crippen LogP contribution in [0.4, 0.5) is 0 Å². The Kier molecular flexibility index (Phi) is 4.91. The number of aliphatic hydroxyl groups is 1. The fourth-order valence-corrected chi connectivity index (χ4v) is 2.34. The summed E-state index contributed by atoms with van der Waals surface area (Å²) >= 11 is 0. The molecule has 0 saturated carbocycles. The number of rotatable bonds is 3. The summed E-state index contributed by atoms with van der Waals surface area (Å²) in [4.78, 5) is 19.7. The maximum Gasteiger partial charge on any atom is 0.306 e. The first kappa shape index (κ1) is 15.7. The Hall–Kier alpha value is -2.66. The van der Waals surface area contributed by atoms with Gasteiger partial charge in [0.2, 0.25) is 5.91 Å². The molecule has 0 bridgehead atoms. The minimum absolute atomic E-state index is 0.630. The van der Waals surface area contributed by atoms with E-state index in [0.29, 0.717) is 0 Å².